The van der Waals surface area contributed by atoms with Crippen molar-refractivity contribution in [2.24, 2.45) is 11.8 Å². The van der Waals surface area contributed by atoms with E-state index in [4.69, 9.17) is 4.74 Å². The van der Waals surface area contributed by atoms with Gasteiger partial charge in [-0.15, -0.1) is 0 Å². The summed E-state index contributed by atoms with van der Waals surface area (Å²) in [5.74, 6) is -2.92. The van der Waals surface area contributed by atoms with Crippen molar-refractivity contribution in [3.63, 3.8) is 0 Å². The normalized spacial score (nSPS) is 32.8. The van der Waals surface area contributed by atoms with Crippen LogP contribution < -0.4 is 10.6 Å². The number of amides is 3. The molecule has 27 heavy (non-hydrogen) atoms. The average molecular weight is 438 g/mol. The lowest BCUT2D eigenvalue weighted by molar-refractivity contribution is -0.143. The summed E-state index contributed by atoms with van der Waals surface area (Å²) < 4.78 is 5.76. The molecule has 2 fully saturated rings. The second-order valence-corrected chi connectivity index (χ2v) is 8.10. The van der Waals surface area contributed by atoms with Crippen molar-refractivity contribution in [2.45, 2.75) is 24.6 Å². The van der Waals surface area contributed by atoms with Crippen molar-refractivity contribution in [1.82, 2.24) is 10.2 Å². The molecule has 1 spiro atoms. The summed E-state index contributed by atoms with van der Waals surface area (Å²) in [5, 5.41) is 16.3. The van der Waals surface area contributed by atoms with Gasteiger partial charge in [-0.05, 0) is 25.1 Å². The van der Waals surface area contributed by atoms with E-state index in [0.717, 1.165) is 9.37 Å². The van der Waals surface area contributed by atoms with Crippen LogP contribution in [0.2, 0.25) is 0 Å². The number of aliphatic hydroxyl groups excluding tert-OH is 1. The lowest BCUT2D eigenvalue weighted by atomic mass is 9.76. The number of nitrogens with one attached hydrogen (secondary N) is 2. The van der Waals surface area contributed by atoms with E-state index in [2.05, 4.69) is 26.6 Å². The smallest absolute Gasteiger partial charge is 0.250 e. The minimum absolute atomic E-state index is 0.122. The first-order valence-electron chi connectivity index (χ1n) is 8.74. The third-order valence-corrected chi connectivity index (χ3v) is 6.23. The SMILES string of the molecule is COCCN1C(=O)[C@@H]2[C@H]([C@@H](C)O)N[C@]3(C(=O)Nc4ccc(Br)cc43)[C@@H]2C1=O. The molecule has 0 unspecified atom stereocenters. The number of nitrogens with zero attached hydrogens (tertiary/aromatic N) is 1. The molecule has 3 amide bonds. The summed E-state index contributed by atoms with van der Waals surface area (Å²) in [6, 6.07) is 4.61. The van der Waals surface area contributed by atoms with Gasteiger partial charge >= 0.3 is 0 Å². The van der Waals surface area contributed by atoms with Crippen molar-refractivity contribution in [1.29, 1.82) is 0 Å². The number of rotatable bonds is 4. The highest BCUT2D eigenvalue weighted by Crippen LogP contribution is 2.53. The van der Waals surface area contributed by atoms with Gasteiger partial charge in [0.15, 0.2) is 0 Å². The molecule has 0 aromatic heterocycles. The Morgan fingerprint density at radius 1 is 1.33 bits per heavy atom. The van der Waals surface area contributed by atoms with E-state index in [1.807, 2.05) is 0 Å². The molecule has 3 aliphatic rings. The summed E-state index contributed by atoms with van der Waals surface area (Å²) in [6.07, 6.45) is -0.917. The number of carbonyl (C=O) groups excluding carboxylic acids is 3. The monoisotopic (exact) mass is 437 g/mol. The number of fused-ring (bicyclic) bond motifs is 4. The van der Waals surface area contributed by atoms with E-state index < -0.39 is 35.4 Å². The quantitative estimate of drug-likeness (QED) is 0.580. The standard InChI is InChI=1S/C18H20BrN3O5/c1-8(23)14-12-13(16(25)22(15(12)24)5-6-27-2)18(21-14)10-7-9(19)3-4-11(10)20-17(18)26/h3-4,7-8,12-14,21,23H,5-6H2,1-2H3,(H,20,26)/t8-,12+,13+,14+,18+/m1/s1. The number of halogens is 1. The molecule has 2 saturated heterocycles. The zero-order valence-corrected chi connectivity index (χ0v) is 16.4. The topological polar surface area (TPSA) is 108 Å². The first kappa shape index (κ1) is 18.5. The molecule has 3 heterocycles. The van der Waals surface area contributed by atoms with E-state index in [1.54, 1.807) is 25.1 Å². The molecule has 8 nitrogen and oxygen atoms in total. The van der Waals surface area contributed by atoms with Gasteiger partial charge in [0.05, 0.1) is 31.1 Å². The Bertz CT molecular complexity index is 844. The first-order valence-corrected chi connectivity index (χ1v) is 9.53. The van der Waals surface area contributed by atoms with E-state index in [-0.39, 0.29) is 25.0 Å². The number of imide groups is 1. The summed E-state index contributed by atoms with van der Waals surface area (Å²) in [4.78, 5) is 40.4. The zero-order valence-electron chi connectivity index (χ0n) is 14.9. The minimum Gasteiger partial charge on any atom is -0.392 e. The molecule has 0 bridgehead atoms. The van der Waals surface area contributed by atoms with Gasteiger partial charge in [0, 0.05) is 28.9 Å². The van der Waals surface area contributed by atoms with Gasteiger partial charge in [-0.2, -0.15) is 0 Å². The van der Waals surface area contributed by atoms with E-state index in [9.17, 15) is 19.5 Å². The second kappa shape index (κ2) is 6.37. The summed E-state index contributed by atoms with van der Waals surface area (Å²) >= 11 is 3.41. The number of likely N-dealkylation sites (tertiary alicyclic amines) is 1. The molecule has 0 saturated carbocycles. The van der Waals surface area contributed by atoms with Crippen LogP contribution in [0.3, 0.4) is 0 Å². The predicted molar refractivity (Wildman–Crippen MR) is 98.6 cm³/mol. The fraction of sp³-hybridized carbons (Fsp3) is 0.500. The highest BCUT2D eigenvalue weighted by Gasteiger charge is 2.71. The number of benzene rings is 1. The number of hydrogen-bond donors (Lipinski definition) is 3. The van der Waals surface area contributed by atoms with Crippen LogP contribution in [0.15, 0.2) is 22.7 Å². The maximum absolute atomic E-state index is 13.2. The van der Waals surface area contributed by atoms with E-state index in [1.165, 1.54) is 7.11 Å². The van der Waals surface area contributed by atoms with Crippen molar-refractivity contribution < 1.29 is 24.2 Å². The Morgan fingerprint density at radius 2 is 2.07 bits per heavy atom. The molecule has 0 aliphatic carbocycles. The van der Waals surface area contributed by atoms with Gasteiger partial charge in [-0.25, -0.2) is 0 Å². The van der Waals surface area contributed by atoms with Gasteiger partial charge < -0.3 is 15.2 Å². The summed E-state index contributed by atoms with van der Waals surface area (Å²) in [6.45, 7) is 1.89. The van der Waals surface area contributed by atoms with Crippen LogP contribution in [-0.2, 0) is 24.7 Å². The maximum atomic E-state index is 13.2. The number of hydrogen-bond acceptors (Lipinski definition) is 6. The molecule has 3 aliphatic heterocycles. The molecule has 0 radical (unpaired) electrons. The van der Waals surface area contributed by atoms with Crippen molar-refractivity contribution >= 4 is 39.3 Å². The van der Waals surface area contributed by atoms with Crippen molar-refractivity contribution in [3.8, 4) is 0 Å². The molecule has 3 N–H and O–H groups in total. The number of ether oxygens (including phenoxy) is 1. The van der Waals surface area contributed by atoms with Crippen molar-refractivity contribution in [3.05, 3.63) is 28.2 Å². The zero-order chi connectivity index (χ0) is 19.5. The largest absolute Gasteiger partial charge is 0.392 e. The second-order valence-electron chi connectivity index (χ2n) is 7.19. The number of anilines is 1. The highest BCUT2D eigenvalue weighted by atomic mass is 79.9. The Kier molecular flexibility index (Phi) is 4.38. The number of methoxy groups -OCH3 is 1. The van der Waals surface area contributed by atoms with Gasteiger partial charge in [0.25, 0.3) is 0 Å². The van der Waals surface area contributed by atoms with E-state index >= 15 is 0 Å². The molecule has 5 atom stereocenters. The number of aliphatic hydroxyl groups is 1. The number of carbonyl (C=O) groups is 3. The van der Waals surface area contributed by atoms with Crippen LogP contribution in [0.4, 0.5) is 5.69 Å². The minimum atomic E-state index is -1.39. The third kappa shape index (κ3) is 2.42. The average Bonchev–Trinajstić information content (AvgIpc) is 3.20. The predicted octanol–water partition coefficient (Wildman–Crippen LogP) is 0.197. The molecule has 9 heteroatoms. The Balaban J connectivity index is 1.86. The van der Waals surface area contributed by atoms with Gasteiger partial charge in [-0.1, -0.05) is 15.9 Å². The van der Waals surface area contributed by atoms with Crippen LogP contribution in [0.25, 0.3) is 0 Å². The summed E-state index contributed by atoms with van der Waals surface area (Å²) in [5.41, 5.74) is -0.189. The lowest BCUT2D eigenvalue weighted by Gasteiger charge is -2.30. The van der Waals surface area contributed by atoms with Crippen molar-refractivity contribution in [2.75, 3.05) is 25.6 Å². The molecule has 4 rings (SSSR count). The molecular weight excluding hydrogens is 418 g/mol. The first-order chi connectivity index (χ1) is 12.8. The van der Waals surface area contributed by atoms with Crippen LogP contribution in [-0.4, -0.2) is 60.1 Å². The maximum Gasteiger partial charge on any atom is 0.250 e. The van der Waals surface area contributed by atoms with Crippen LogP contribution in [0, 0.1) is 11.8 Å². The van der Waals surface area contributed by atoms with E-state index in [0.29, 0.717) is 11.3 Å². The highest BCUT2D eigenvalue weighted by molar-refractivity contribution is 9.10. The Morgan fingerprint density at radius 3 is 2.74 bits per heavy atom. The molecule has 1 aromatic carbocycles. The fourth-order valence-corrected chi connectivity index (χ4v) is 4.94. The van der Waals surface area contributed by atoms with Crippen LogP contribution in [0.5, 0.6) is 0 Å². The summed E-state index contributed by atoms with van der Waals surface area (Å²) in [7, 11) is 1.49. The van der Waals surface area contributed by atoms with Crippen LogP contribution in [0.1, 0.15) is 12.5 Å². The lowest BCUT2D eigenvalue weighted by Crippen LogP contribution is -2.55. The van der Waals surface area contributed by atoms with Crippen LogP contribution >= 0.6 is 15.9 Å². The van der Waals surface area contributed by atoms with Gasteiger partial charge in [0.1, 0.15) is 5.54 Å². The molecule has 144 valence electrons. The third-order valence-electron chi connectivity index (χ3n) is 5.74. The molecule has 1 aromatic rings. The van der Waals surface area contributed by atoms with Gasteiger partial charge in [0.2, 0.25) is 17.7 Å². The van der Waals surface area contributed by atoms with Gasteiger partial charge in [-0.3, -0.25) is 24.6 Å². The Labute approximate surface area is 164 Å². The molecular formula is C18H20BrN3O5. The Hall–Kier alpha value is -1.81. The fourth-order valence-electron chi connectivity index (χ4n) is 4.58.